The van der Waals surface area contributed by atoms with Crippen LogP contribution in [0.4, 0.5) is 30.4 Å². The standard InChI is InChI=1S/C31H36F3N5O2.ClH/c1-4-38(13-8-7-11-30(40)41)28-18-24-10-6-5-9-23(24)17-25(28)21-39(29-12-14-37(3)36-29)20-22-15-26(31(32,33)34)19-27(16-22)35-2;/h12,14-19H,4-11,13,20-21H2,1,3H3,(H,40,41);1H. The van der Waals surface area contributed by atoms with Gasteiger partial charge in [0.15, 0.2) is 11.5 Å². The summed E-state index contributed by atoms with van der Waals surface area (Å²) in [6.45, 7) is 11.4. The zero-order valence-electron chi connectivity index (χ0n) is 24.0. The van der Waals surface area contributed by atoms with E-state index < -0.39 is 17.7 Å². The lowest BCUT2D eigenvalue weighted by Crippen LogP contribution is -2.29. The Hall–Kier alpha value is -3.71. The Balaban J connectivity index is 0.00000484. The Bertz CT molecular complexity index is 1420. The second-order valence-electron chi connectivity index (χ2n) is 10.6. The van der Waals surface area contributed by atoms with Crippen molar-refractivity contribution < 1.29 is 23.1 Å². The van der Waals surface area contributed by atoms with Gasteiger partial charge in [0.2, 0.25) is 0 Å². The first kappa shape index (κ1) is 32.8. The van der Waals surface area contributed by atoms with Gasteiger partial charge < -0.3 is 14.9 Å². The van der Waals surface area contributed by atoms with Crippen LogP contribution in [0.25, 0.3) is 4.85 Å². The molecule has 0 spiro atoms. The molecule has 0 unspecified atom stereocenters. The molecule has 0 radical (unpaired) electrons. The number of alkyl halides is 3. The molecule has 0 aliphatic heterocycles. The maximum absolute atomic E-state index is 13.6. The number of carbonyl (C=O) groups is 1. The average Bonchev–Trinajstić information content (AvgIpc) is 3.38. The van der Waals surface area contributed by atoms with Gasteiger partial charge in [0, 0.05) is 63.2 Å². The van der Waals surface area contributed by atoms with E-state index in [1.807, 2.05) is 11.0 Å². The van der Waals surface area contributed by atoms with Crippen LogP contribution in [0.2, 0.25) is 0 Å². The van der Waals surface area contributed by atoms with E-state index in [0.717, 1.165) is 62.0 Å². The number of aromatic nitrogens is 2. The van der Waals surface area contributed by atoms with E-state index in [9.17, 15) is 18.0 Å². The Morgan fingerprint density at radius 3 is 2.38 bits per heavy atom. The third-order valence-corrected chi connectivity index (χ3v) is 7.53. The molecule has 0 amide bonds. The predicted molar refractivity (Wildman–Crippen MR) is 161 cm³/mol. The number of unbranched alkanes of at least 4 members (excludes halogenated alkanes) is 1. The molecule has 0 saturated heterocycles. The topological polar surface area (TPSA) is 66.0 Å². The first-order valence-electron chi connectivity index (χ1n) is 14.0. The van der Waals surface area contributed by atoms with Crippen LogP contribution in [0.15, 0.2) is 42.6 Å². The summed E-state index contributed by atoms with van der Waals surface area (Å²) in [6.07, 6.45) is 2.95. The lowest BCUT2D eigenvalue weighted by Gasteiger charge is -2.31. The van der Waals surface area contributed by atoms with Gasteiger partial charge in [-0.3, -0.25) is 9.48 Å². The van der Waals surface area contributed by atoms with Gasteiger partial charge >= 0.3 is 12.1 Å². The number of nitrogens with zero attached hydrogens (tertiary/aromatic N) is 5. The van der Waals surface area contributed by atoms with Gasteiger partial charge in [-0.2, -0.15) is 18.3 Å². The largest absolute Gasteiger partial charge is 0.481 e. The molecule has 4 rings (SSSR count). The fraction of sp³-hybridized carbons (Fsp3) is 0.452. The predicted octanol–water partition coefficient (Wildman–Crippen LogP) is 7.58. The molecule has 0 fully saturated rings. The van der Waals surface area contributed by atoms with E-state index in [4.69, 9.17) is 11.7 Å². The van der Waals surface area contributed by atoms with Crippen molar-refractivity contribution in [3.8, 4) is 0 Å². The van der Waals surface area contributed by atoms with E-state index in [2.05, 4.69) is 33.9 Å². The van der Waals surface area contributed by atoms with Crippen LogP contribution in [0.5, 0.6) is 0 Å². The molecule has 226 valence electrons. The molecule has 1 aliphatic carbocycles. The van der Waals surface area contributed by atoms with Crippen LogP contribution >= 0.6 is 12.4 Å². The number of hydrogen-bond donors (Lipinski definition) is 1. The lowest BCUT2D eigenvalue weighted by atomic mass is 9.89. The normalized spacial score (nSPS) is 12.7. The second-order valence-corrected chi connectivity index (χ2v) is 10.6. The van der Waals surface area contributed by atoms with Crippen molar-refractivity contribution in [3.63, 3.8) is 0 Å². The molecule has 7 nitrogen and oxygen atoms in total. The number of rotatable bonds is 12. The summed E-state index contributed by atoms with van der Waals surface area (Å²) < 4.78 is 42.6. The van der Waals surface area contributed by atoms with E-state index in [0.29, 0.717) is 30.9 Å². The summed E-state index contributed by atoms with van der Waals surface area (Å²) in [5.41, 5.74) is 4.23. The highest BCUT2D eigenvalue weighted by atomic mass is 35.5. The monoisotopic (exact) mass is 603 g/mol. The molecule has 0 atom stereocenters. The number of carboxylic acids is 1. The van der Waals surface area contributed by atoms with Crippen molar-refractivity contribution in [1.82, 2.24) is 9.78 Å². The Morgan fingerprint density at radius 1 is 1.07 bits per heavy atom. The minimum atomic E-state index is -4.56. The van der Waals surface area contributed by atoms with E-state index in [-0.39, 0.29) is 31.1 Å². The van der Waals surface area contributed by atoms with Crippen LogP contribution in [0, 0.1) is 6.57 Å². The number of carboxylic acid groups (broad SMARTS) is 1. The number of hydrogen-bond acceptors (Lipinski definition) is 4. The fourth-order valence-corrected chi connectivity index (χ4v) is 5.48. The number of anilines is 2. The third kappa shape index (κ3) is 8.41. The zero-order chi connectivity index (χ0) is 29.6. The Morgan fingerprint density at radius 2 is 1.79 bits per heavy atom. The first-order valence-corrected chi connectivity index (χ1v) is 14.0. The van der Waals surface area contributed by atoms with Crippen LogP contribution in [0.3, 0.4) is 0 Å². The van der Waals surface area contributed by atoms with Gasteiger partial charge in [0.05, 0.1) is 6.57 Å². The summed E-state index contributed by atoms with van der Waals surface area (Å²) in [7, 11) is 1.79. The summed E-state index contributed by atoms with van der Waals surface area (Å²) in [4.78, 5) is 18.5. The summed E-state index contributed by atoms with van der Waals surface area (Å²) in [5.74, 6) is -0.174. The number of halogens is 4. The molecule has 1 aromatic heterocycles. The molecule has 42 heavy (non-hydrogen) atoms. The smallest absolute Gasteiger partial charge is 0.415 e. The number of aryl methyl sites for hydroxylation is 3. The summed E-state index contributed by atoms with van der Waals surface area (Å²) >= 11 is 0. The number of benzene rings is 2. The second kappa shape index (κ2) is 14.5. The van der Waals surface area contributed by atoms with Crippen molar-refractivity contribution in [2.24, 2.45) is 7.05 Å². The van der Waals surface area contributed by atoms with Gasteiger partial charge in [-0.15, -0.1) is 12.4 Å². The quantitative estimate of drug-likeness (QED) is 0.171. The van der Waals surface area contributed by atoms with E-state index in [1.165, 1.54) is 17.2 Å². The minimum Gasteiger partial charge on any atom is -0.481 e. The molecule has 1 N–H and O–H groups in total. The van der Waals surface area contributed by atoms with Crippen LogP contribution in [-0.2, 0) is 43.9 Å². The van der Waals surface area contributed by atoms with E-state index in [1.54, 1.807) is 17.9 Å². The zero-order valence-corrected chi connectivity index (χ0v) is 24.8. The Labute approximate surface area is 251 Å². The Kier molecular flexibility index (Phi) is 11.3. The molecule has 2 aromatic carbocycles. The van der Waals surface area contributed by atoms with Gasteiger partial charge in [-0.05, 0) is 85.9 Å². The third-order valence-electron chi connectivity index (χ3n) is 7.53. The molecule has 11 heteroatoms. The fourth-order valence-electron chi connectivity index (χ4n) is 5.48. The lowest BCUT2D eigenvalue weighted by molar-refractivity contribution is -0.138. The van der Waals surface area contributed by atoms with Crippen LogP contribution in [-0.4, -0.2) is 33.9 Å². The molecular weight excluding hydrogens is 567 g/mol. The maximum Gasteiger partial charge on any atom is 0.415 e. The molecule has 1 heterocycles. The molecule has 3 aromatic rings. The summed E-state index contributed by atoms with van der Waals surface area (Å²) in [6, 6.07) is 9.82. The number of aliphatic carboxylic acids is 1. The maximum atomic E-state index is 13.6. The highest BCUT2D eigenvalue weighted by molar-refractivity contribution is 5.85. The van der Waals surface area contributed by atoms with Crippen molar-refractivity contribution in [1.29, 1.82) is 0 Å². The van der Waals surface area contributed by atoms with Crippen molar-refractivity contribution in [2.45, 2.75) is 71.1 Å². The first-order chi connectivity index (χ1) is 19.6. The van der Waals surface area contributed by atoms with Gasteiger partial charge in [0.1, 0.15) is 0 Å². The number of fused-ring (bicyclic) bond motifs is 1. The molecule has 0 saturated carbocycles. The van der Waals surface area contributed by atoms with Crippen LogP contribution in [0.1, 0.15) is 66.8 Å². The molecular formula is C31H37ClF3N5O2. The highest BCUT2D eigenvalue weighted by Crippen LogP contribution is 2.35. The summed E-state index contributed by atoms with van der Waals surface area (Å²) in [5, 5.41) is 13.6. The highest BCUT2D eigenvalue weighted by Gasteiger charge is 2.31. The average molecular weight is 604 g/mol. The van der Waals surface area contributed by atoms with Crippen molar-refractivity contribution in [2.75, 3.05) is 22.9 Å². The minimum absolute atomic E-state index is 0. The molecule has 1 aliphatic rings. The van der Waals surface area contributed by atoms with Gasteiger partial charge in [-0.25, -0.2) is 4.85 Å². The molecule has 0 bridgehead atoms. The van der Waals surface area contributed by atoms with Gasteiger partial charge in [0.25, 0.3) is 0 Å². The SMILES string of the molecule is Cl.[C-]#[N+]c1cc(CN(Cc2cc3c(cc2N(CC)CCCCC(=O)O)CCCC3)c2ccn(C)n2)cc(C(F)(F)F)c1. The van der Waals surface area contributed by atoms with Crippen molar-refractivity contribution in [3.05, 3.63) is 81.8 Å². The van der Waals surface area contributed by atoms with E-state index >= 15 is 0 Å². The van der Waals surface area contributed by atoms with Gasteiger partial charge in [-0.1, -0.05) is 12.1 Å². The van der Waals surface area contributed by atoms with Crippen LogP contribution < -0.4 is 9.80 Å². The van der Waals surface area contributed by atoms with Crippen molar-refractivity contribution >= 4 is 35.6 Å².